The predicted octanol–water partition coefficient (Wildman–Crippen LogP) is 18.7. The molecule has 1 spiro atoms. The Morgan fingerprint density at radius 1 is 0.296 bits per heavy atom. The number of nitrogens with zero attached hydrogens (tertiary/aromatic N) is 1. The van der Waals surface area contributed by atoms with E-state index in [1.54, 1.807) is 0 Å². The van der Waals surface area contributed by atoms with Crippen LogP contribution in [-0.2, 0) is 5.41 Å². The summed E-state index contributed by atoms with van der Waals surface area (Å²) in [6.07, 6.45) is 0. The molecule has 15 rings (SSSR count). The highest BCUT2D eigenvalue weighted by atomic mass is 16.3. The minimum absolute atomic E-state index is 0.475. The van der Waals surface area contributed by atoms with Gasteiger partial charge in [0.25, 0.3) is 0 Å². The summed E-state index contributed by atoms with van der Waals surface area (Å²) in [7, 11) is 0. The maximum Gasteiger partial charge on any atom is 0.143 e. The van der Waals surface area contributed by atoms with Crippen molar-refractivity contribution in [2.24, 2.45) is 0 Å². The summed E-state index contributed by atoms with van der Waals surface area (Å²) < 4.78 is 6.97. The van der Waals surface area contributed by atoms with E-state index < -0.39 is 5.41 Å². The van der Waals surface area contributed by atoms with E-state index in [1.807, 2.05) is 0 Å². The molecule has 0 unspecified atom stereocenters. The number of hydrogen-bond acceptors (Lipinski definition) is 2. The Bertz CT molecular complexity index is 4250. The van der Waals surface area contributed by atoms with Crippen LogP contribution in [0.4, 0.5) is 17.1 Å². The van der Waals surface area contributed by atoms with E-state index in [-0.39, 0.29) is 0 Å². The molecule has 2 aliphatic rings. The first-order valence-corrected chi connectivity index (χ1v) is 24.6. The summed E-state index contributed by atoms with van der Waals surface area (Å²) in [6.45, 7) is 0. The van der Waals surface area contributed by atoms with Crippen molar-refractivity contribution in [3.8, 4) is 55.6 Å². The van der Waals surface area contributed by atoms with Crippen LogP contribution in [-0.4, -0.2) is 0 Å². The lowest BCUT2D eigenvalue weighted by molar-refractivity contribution is 0.672. The average Bonchev–Trinajstić information content (AvgIpc) is 4.08. The Morgan fingerprint density at radius 3 is 1.56 bits per heavy atom. The predicted molar refractivity (Wildman–Crippen MR) is 296 cm³/mol. The monoisotopic (exact) mass is 901 g/mol. The maximum atomic E-state index is 6.97. The molecule has 2 heteroatoms. The smallest absolute Gasteiger partial charge is 0.143 e. The molecule has 0 atom stereocenters. The molecule has 13 aromatic rings. The topological polar surface area (TPSA) is 16.4 Å². The first-order valence-electron chi connectivity index (χ1n) is 24.6. The van der Waals surface area contributed by atoms with Crippen LogP contribution in [0.5, 0.6) is 0 Å². The second-order valence-electron chi connectivity index (χ2n) is 19.1. The van der Waals surface area contributed by atoms with E-state index in [2.05, 4.69) is 266 Å². The number of fused-ring (bicyclic) bond motifs is 16. The minimum atomic E-state index is -0.475. The largest absolute Gasteiger partial charge is 0.455 e. The first kappa shape index (κ1) is 39.7. The van der Waals surface area contributed by atoms with Gasteiger partial charge >= 0.3 is 0 Å². The molecule has 330 valence electrons. The van der Waals surface area contributed by atoms with Gasteiger partial charge in [0.1, 0.15) is 11.2 Å². The molecule has 1 aromatic heterocycles. The molecule has 0 saturated heterocycles. The molecule has 2 aliphatic carbocycles. The van der Waals surface area contributed by atoms with Crippen molar-refractivity contribution in [2.45, 2.75) is 5.41 Å². The molecule has 12 aromatic carbocycles. The van der Waals surface area contributed by atoms with Crippen LogP contribution in [0.25, 0.3) is 99.1 Å². The Morgan fingerprint density at radius 2 is 0.817 bits per heavy atom. The molecule has 0 radical (unpaired) electrons. The third kappa shape index (κ3) is 5.77. The van der Waals surface area contributed by atoms with Crippen molar-refractivity contribution in [1.29, 1.82) is 0 Å². The highest BCUT2D eigenvalue weighted by molar-refractivity contribution is 6.23. The van der Waals surface area contributed by atoms with Crippen molar-refractivity contribution in [3.63, 3.8) is 0 Å². The van der Waals surface area contributed by atoms with Gasteiger partial charge in [-0.15, -0.1) is 0 Å². The van der Waals surface area contributed by atoms with Crippen LogP contribution >= 0.6 is 0 Å². The molecule has 0 amide bonds. The lowest BCUT2D eigenvalue weighted by Crippen LogP contribution is -2.26. The van der Waals surface area contributed by atoms with Crippen LogP contribution < -0.4 is 4.90 Å². The van der Waals surface area contributed by atoms with E-state index in [0.29, 0.717) is 0 Å². The zero-order valence-electron chi connectivity index (χ0n) is 38.7. The number of benzene rings is 12. The lowest BCUT2D eigenvalue weighted by atomic mass is 9.70. The second kappa shape index (κ2) is 15.4. The highest BCUT2D eigenvalue weighted by Crippen LogP contribution is 2.63. The Labute approximate surface area is 412 Å². The molecule has 0 fully saturated rings. The van der Waals surface area contributed by atoms with E-state index in [1.165, 1.54) is 83.1 Å². The van der Waals surface area contributed by atoms with Gasteiger partial charge < -0.3 is 9.32 Å². The zero-order chi connectivity index (χ0) is 46.6. The van der Waals surface area contributed by atoms with Gasteiger partial charge in [0.15, 0.2) is 0 Å². The number of rotatable bonds is 6. The molecule has 0 aliphatic heterocycles. The van der Waals surface area contributed by atoms with Gasteiger partial charge in [-0.1, -0.05) is 206 Å². The second-order valence-corrected chi connectivity index (χ2v) is 19.1. The average molecular weight is 902 g/mol. The number of hydrogen-bond donors (Lipinski definition) is 0. The summed E-state index contributed by atoms with van der Waals surface area (Å²) in [6, 6.07) is 96.0. The molecular weight excluding hydrogens is 859 g/mol. The number of furan rings is 1. The van der Waals surface area contributed by atoms with Crippen molar-refractivity contribution < 1.29 is 4.42 Å². The van der Waals surface area contributed by atoms with Gasteiger partial charge in [-0.3, -0.25) is 0 Å². The van der Waals surface area contributed by atoms with Gasteiger partial charge in [0.05, 0.1) is 22.2 Å². The maximum absolute atomic E-state index is 6.97. The Kier molecular flexibility index (Phi) is 8.61. The van der Waals surface area contributed by atoms with Crippen molar-refractivity contribution >= 4 is 60.5 Å². The standard InChI is InChI=1S/C69H43NO/c1-3-18-44(19-4-1)47-36-38-55-56-39-37-48(42-63(56)69(62(55)41-47)60-31-13-11-28-53(60)54-29-12-14-32-61(54)69)46-22-15-23-49(40-46)58-43-59-67-65(34-17-35-66(67)71-68(59)57-30-10-9-27-52(57)58)70(50-24-5-2-6-25-50)64-33-16-21-45-20-7-8-26-51(45)64/h1-43H. The molecule has 1 heterocycles. The van der Waals surface area contributed by atoms with E-state index >= 15 is 0 Å². The zero-order valence-corrected chi connectivity index (χ0v) is 38.7. The van der Waals surface area contributed by atoms with Gasteiger partial charge in [-0.25, -0.2) is 0 Å². The molecule has 2 nitrogen and oxygen atoms in total. The van der Waals surface area contributed by atoms with Gasteiger partial charge in [0.2, 0.25) is 0 Å². The van der Waals surface area contributed by atoms with Crippen molar-refractivity contribution in [3.05, 3.63) is 283 Å². The molecular formula is C69H43NO. The van der Waals surface area contributed by atoms with Crippen LogP contribution in [0.2, 0.25) is 0 Å². The van der Waals surface area contributed by atoms with Crippen LogP contribution in [0.1, 0.15) is 22.3 Å². The summed E-state index contributed by atoms with van der Waals surface area (Å²) in [5.74, 6) is 0. The quantitative estimate of drug-likeness (QED) is 0.165. The van der Waals surface area contributed by atoms with E-state index in [9.17, 15) is 0 Å². The van der Waals surface area contributed by atoms with E-state index in [4.69, 9.17) is 4.42 Å². The minimum Gasteiger partial charge on any atom is -0.455 e. The van der Waals surface area contributed by atoms with Crippen molar-refractivity contribution in [1.82, 2.24) is 0 Å². The Hall–Kier alpha value is -9.24. The number of para-hydroxylation sites is 1. The van der Waals surface area contributed by atoms with Crippen molar-refractivity contribution in [2.75, 3.05) is 4.90 Å². The first-order chi connectivity index (χ1) is 35.2. The molecule has 0 N–H and O–H groups in total. The third-order valence-corrected chi connectivity index (χ3v) is 15.4. The summed E-state index contributed by atoms with van der Waals surface area (Å²) in [5.41, 5.74) is 22.2. The van der Waals surface area contributed by atoms with Gasteiger partial charge in [0, 0.05) is 21.8 Å². The molecule has 0 saturated carbocycles. The van der Waals surface area contributed by atoms with Gasteiger partial charge in [-0.2, -0.15) is 0 Å². The summed E-state index contributed by atoms with van der Waals surface area (Å²) in [4.78, 5) is 2.40. The van der Waals surface area contributed by atoms with Gasteiger partial charge in [-0.05, 0) is 143 Å². The lowest BCUT2D eigenvalue weighted by Gasteiger charge is -2.31. The van der Waals surface area contributed by atoms with E-state index in [0.717, 1.165) is 55.3 Å². The molecule has 71 heavy (non-hydrogen) atoms. The summed E-state index contributed by atoms with van der Waals surface area (Å²) >= 11 is 0. The van der Waals surface area contributed by atoms with Crippen LogP contribution in [0, 0.1) is 0 Å². The van der Waals surface area contributed by atoms with Crippen LogP contribution in [0.3, 0.4) is 0 Å². The summed E-state index contributed by atoms with van der Waals surface area (Å²) in [5, 5.41) is 6.80. The third-order valence-electron chi connectivity index (χ3n) is 15.4. The Balaban J connectivity index is 0.928. The fourth-order valence-electron chi connectivity index (χ4n) is 12.4. The fraction of sp³-hybridized carbons (Fsp3) is 0.0145. The molecule has 0 bridgehead atoms. The normalized spacial score (nSPS) is 12.9. The highest BCUT2D eigenvalue weighted by Gasteiger charge is 2.51. The SMILES string of the molecule is c1ccc(-c2ccc3c(c2)C2(c4ccccc4-c4ccccc42)c2cc(-c4cccc(-c5cc6c(oc7cccc(N(c8ccccc8)c8cccc9ccccc89)c76)c6ccccc56)c4)ccc2-3)cc1. The van der Waals surface area contributed by atoms with Crippen LogP contribution in [0.15, 0.2) is 265 Å². The fourth-order valence-corrected chi connectivity index (χ4v) is 12.4. The number of anilines is 3.